The molecule has 0 aliphatic carbocycles. The molecule has 0 spiro atoms. The largest absolute Gasteiger partial charge is 0.444 e. The van der Waals surface area contributed by atoms with Gasteiger partial charge >= 0.3 is 6.09 Å². The number of carbonyl (C=O) groups is 2. The minimum Gasteiger partial charge on any atom is -0.444 e. The van der Waals surface area contributed by atoms with Gasteiger partial charge in [0.1, 0.15) is 11.6 Å². The Bertz CT molecular complexity index is 1210. The standard InChI is InChI=1S/C35H50N2O4Si/c1-10-11-19-27(20-18-25-36-31(38)30(33(2,3)4)37-32(39)41-34(5,6)7)26-35(8,9)42(40,28-21-14-12-15-22-28)29-23-16-13-17-24-29/h12-18,21-25,27,30,40H,19-20,26H2,1-9H3,(H,36,38)(H,37,39)/b25-18-/t27-,30+/m0/s1. The van der Waals surface area contributed by atoms with Gasteiger partial charge in [0, 0.05) is 6.42 Å². The molecule has 228 valence electrons. The summed E-state index contributed by atoms with van der Waals surface area (Å²) >= 11 is 0. The van der Waals surface area contributed by atoms with Crippen molar-refractivity contribution in [1.29, 1.82) is 0 Å². The van der Waals surface area contributed by atoms with E-state index in [1.807, 2.05) is 94.4 Å². The summed E-state index contributed by atoms with van der Waals surface area (Å²) in [6.07, 6.45) is 5.06. The SMILES string of the molecule is CC#CC[C@@H](C/C=C\NC(=O)[C@@H](NC(=O)OC(C)(C)C)C(C)(C)C)CC(C)(C)[Si](O)(c1ccccc1)c1ccccc1. The van der Waals surface area contributed by atoms with Gasteiger partial charge in [0.05, 0.1) is 0 Å². The van der Waals surface area contributed by atoms with E-state index in [9.17, 15) is 14.4 Å². The summed E-state index contributed by atoms with van der Waals surface area (Å²) < 4.78 is 5.37. The zero-order chi connectivity index (χ0) is 31.6. The molecular weight excluding hydrogens is 540 g/mol. The maximum atomic E-state index is 13.1. The number of amides is 2. The first-order valence-corrected chi connectivity index (χ1v) is 16.6. The Kier molecular flexibility index (Phi) is 12.2. The van der Waals surface area contributed by atoms with Crippen LogP contribution in [0.1, 0.15) is 81.6 Å². The van der Waals surface area contributed by atoms with E-state index in [4.69, 9.17) is 4.74 Å². The molecule has 0 unspecified atom stereocenters. The third-order valence-electron chi connectivity index (χ3n) is 7.33. The van der Waals surface area contributed by atoms with Crippen LogP contribution in [0.3, 0.4) is 0 Å². The average Bonchev–Trinajstić information content (AvgIpc) is 2.91. The molecule has 0 aliphatic heterocycles. The highest BCUT2D eigenvalue weighted by Gasteiger charge is 2.50. The Morgan fingerprint density at radius 3 is 1.90 bits per heavy atom. The van der Waals surface area contributed by atoms with Gasteiger partial charge in [-0.25, -0.2) is 4.79 Å². The number of alkyl carbamates (subject to hydrolysis) is 1. The first kappa shape index (κ1) is 34.9. The molecule has 0 aromatic heterocycles. The van der Waals surface area contributed by atoms with Crippen molar-refractivity contribution >= 4 is 30.7 Å². The van der Waals surface area contributed by atoms with Crippen molar-refractivity contribution in [2.45, 2.75) is 98.3 Å². The lowest BCUT2D eigenvalue weighted by molar-refractivity contribution is -0.124. The zero-order valence-electron chi connectivity index (χ0n) is 26.9. The van der Waals surface area contributed by atoms with E-state index in [2.05, 4.69) is 36.3 Å². The minimum absolute atomic E-state index is 0.158. The number of nitrogens with one attached hydrogen (secondary N) is 2. The van der Waals surface area contributed by atoms with Gasteiger partial charge in [-0.05, 0) is 73.5 Å². The summed E-state index contributed by atoms with van der Waals surface area (Å²) in [5.74, 6) is 6.09. The monoisotopic (exact) mass is 590 g/mol. The van der Waals surface area contributed by atoms with Crippen molar-refractivity contribution in [3.05, 3.63) is 72.9 Å². The lowest BCUT2D eigenvalue weighted by Crippen LogP contribution is -2.65. The molecule has 7 heteroatoms. The van der Waals surface area contributed by atoms with Crippen LogP contribution in [-0.2, 0) is 9.53 Å². The van der Waals surface area contributed by atoms with Crippen molar-refractivity contribution in [1.82, 2.24) is 10.6 Å². The zero-order valence-corrected chi connectivity index (χ0v) is 27.9. The molecule has 0 heterocycles. The van der Waals surface area contributed by atoms with E-state index in [1.165, 1.54) is 0 Å². The van der Waals surface area contributed by atoms with E-state index >= 15 is 0 Å². The van der Waals surface area contributed by atoms with Crippen LogP contribution in [0.15, 0.2) is 72.9 Å². The predicted octanol–water partition coefficient (Wildman–Crippen LogP) is 5.90. The van der Waals surface area contributed by atoms with Gasteiger partial charge < -0.3 is 20.2 Å². The summed E-state index contributed by atoms with van der Waals surface area (Å²) in [7, 11) is -3.16. The average molecular weight is 591 g/mol. The normalized spacial score (nSPS) is 14.0. The van der Waals surface area contributed by atoms with Crippen LogP contribution in [0, 0.1) is 23.2 Å². The van der Waals surface area contributed by atoms with Crippen molar-refractivity contribution in [3.63, 3.8) is 0 Å². The predicted molar refractivity (Wildman–Crippen MR) is 175 cm³/mol. The highest BCUT2D eigenvalue weighted by atomic mass is 28.4. The van der Waals surface area contributed by atoms with Crippen molar-refractivity contribution < 1.29 is 19.1 Å². The van der Waals surface area contributed by atoms with Crippen molar-refractivity contribution in [2.24, 2.45) is 11.3 Å². The van der Waals surface area contributed by atoms with Gasteiger partial charge in [-0.3, -0.25) is 4.79 Å². The number of benzene rings is 2. The van der Waals surface area contributed by atoms with E-state index in [1.54, 1.807) is 27.0 Å². The summed E-state index contributed by atoms with van der Waals surface area (Å²) in [6, 6.07) is 19.3. The molecule has 2 atom stereocenters. The molecule has 0 saturated carbocycles. The molecule has 2 aromatic carbocycles. The highest BCUT2D eigenvalue weighted by molar-refractivity contribution is 6.98. The summed E-state index contributed by atoms with van der Waals surface area (Å²) in [5.41, 5.74) is -1.19. The van der Waals surface area contributed by atoms with Gasteiger partial charge in [0.25, 0.3) is 8.32 Å². The molecule has 0 radical (unpaired) electrons. The van der Waals surface area contributed by atoms with Gasteiger partial charge in [-0.15, -0.1) is 11.8 Å². The maximum Gasteiger partial charge on any atom is 0.408 e. The van der Waals surface area contributed by atoms with Crippen LogP contribution in [0.25, 0.3) is 0 Å². The third kappa shape index (κ3) is 9.89. The Balaban J connectivity index is 2.23. The number of allylic oxidation sites excluding steroid dienone is 1. The van der Waals surface area contributed by atoms with Crippen LogP contribution < -0.4 is 21.0 Å². The number of rotatable bonds is 11. The topological polar surface area (TPSA) is 87.7 Å². The molecule has 3 N–H and O–H groups in total. The Hall–Kier alpha value is -3.34. The van der Waals surface area contributed by atoms with Gasteiger partial charge in [0.2, 0.25) is 5.91 Å². The smallest absolute Gasteiger partial charge is 0.408 e. The van der Waals surface area contributed by atoms with E-state index in [-0.39, 0.29) is 11.8 Å². The number of carbonyl (C=O) groups excluding carboxylic acids is 2. The fraction of sp³-hybridized carbons (Fsp3) is 0.486. The molecule has 0 aliphatic rings. The van der Waals surface area contributed by atoms with Crippen LogP contribution in [0.5, 0.6) is 0 Å². The number of ether oxygens (including phenoxy) is 1. The second-order valence-corrected chi connectivity index (χ2v) is 17.5. The fourth-order valence-electron chi connectivity index (χ4n) is 5.25. The molecule has 2 rings (SSSR count). The molecule has 0 bridgehead atoms. The van der Waals surface area contributed by atoms with E-state index in [0.29, 0.717) is 12.8 Å². The van der Waals surface area contributed by atoms with Crippen LogP contribution in [0.4, 0.5) is 4.79 Å². The second-order valence-electron chi connectivity index (χ2n) is 13.6. The van der Waals surface area contributed by atoms with E-state index < -0.39 is 36.5 Å². The minimum atomic E-state index is -3.16. The molecule has 6 nitrogen and oxygen atoms in total. The Morgan fingerprint density at radius 1 is 0.929 bits per heavy atom. The van der Waals surface area contributed by atoms with Gasteiger partial charge in [-0.1, -0.05) is 101 Å². The molecule has 0 saturated heterocycles. The molecule has 2 amide bonds. The van der Waals surface area contributed by atoms with Crippen molar-refractivity contribution in [2.75, 3.05) is 0 Å². The Morgan fingerprint density at radius 2 is 1.45 bits per heavy atom. The Labute approximate surface area is 254 Å². The first-order chi connectivity index (χ1) is 19.5. The van der Waals surface area contributed by atoms with Crippen LogP contribution >= 0.6 is 0 Å². The first-order valence-electron chi connectivity index (χ1n) is 14.7. The molecule has 2 aromatic rings. The van der Waals surface area contributed by atoms with Crippen LogP contribution in [-0.4, -0.2) is 36.8 Å². The lowest BCUT2D eigenvalue weighted by Gasteiger charge is -2.43. The molecule has 42 heavy (non-hydrogen) atoms. The fourth-order valence-corrected chi connectivity index (χ4v) is 9.08. The number of hydrogen-bond acceptors (Lipinski definition) is 4. The maximum absolute atomic E-state index is 13.1. The summed E-state index contributed by atoms with van der Waals surface area (Å²) in [4.78, 5) is 38.1. The third-order valence-corrected chi connectivity index (χ3v) is 11.8. The quantitative estimate of drug-likeness (QED) is 0.225. The van der Waals surface area contributed by atoms with Crippen LogP contribution in [0.2, 0.25) is 5.04 Å². The van der Waals surface area contributed by atoms with E-state index in [0.717, 1.165) is 16.8 Å². The highest BCUT2D eigenvalue weighted by Crippen LogP contribution is 2.43. The van der Waals surface area contributed by atoms with Gasteiger partial charge in [-0.2, -0.15) is 0 Å². The summed E-state index contributed by atoms with van der Waals surface area (Å²) in [6.45, 7) is 17.2. The lowest BCUT2D eigenvalue weighted by atomic mass is 9.86. The molecule has 0 fully saturated rings. The van der Waals surface area contributed by atoms with Gasteiger partial charge in [0.15, 0.2) is 0 Å². The number of hydrogen-bond donors (Lipinski definition) is 3. The molecular formula is C35H50N2O4Si. The van der Waals surface area contributed by atoms with Crippen molar-refractivity contribution in [3.8, 4) is 11.8 Å². The second kappa shape index (κ2) is 14.7. The summed E-state index contributed by atoms with van der Waals surface area (Å²) in [5, 5.41) is 7.12.